The van der Waals surface area contributed by atoms with Gasteiger partial charge < -0.3 is 10.0 Å². The molecule has 1 atom stereocenters. The number of hydrogen-bond acceptors (Lipinski definition) is 3. The molecule has 0 aliphatic carbocycles. The van der Waals surface area contributed by atoms with Crippen LogP contribution in [0.4, 0.5) is 0 Å². The summed E-state index contributed by atoms with van der Waals surface area (Å²) in [4.78, 5) is 24.9. The molecule has 1 aliphatic rings. The Labute approximate surface area is 150 Å². The Kier molecular flexibility index (Phi) is 7.18. The number of piperidine rings is 1. The molecule has 1 amide bonds. The molecular weight excluding hydrogens is 357 g/mol. The summed E-state index contributed by atoms with van der Waals surface area (Å²) in [5, 5.41) is 8.77. The van der Waals surface area contributed by atoms with Crippen molar-refractivity contribution in [3.05, 3.63) is 20.3 Å². The Bertz CT molecular complexity index is 562. The molecule has 1 fully saturated rings. The first-order chi connectivity index (χ1) is 11.0. The molecule has 4 nitrogen and oxygen atoms in total. The van der Waals surface area contributed by atoms with E-state index in [0.29, 0.717) is 34.0 Å². The number of carbonyl (C=O) groups excluding carboxylic acids is 1. The minimum Gasteiger partial charge on any atom is -0.481 e. The van der Waals surface area contributed by atoms with Crippen LogP contribution < -0.4 is 0 Å². The summed E-state index contributed by atoms with van der Waals surface area (Å²) in [6, 6.07) is 1.86. The van der Waals surface area contributed by atoms with Crippen LogP contribution in [-0.4, -0.2) is 35.0 Å². The fourth-order valence-electron chi connectivity index (χ4n) is 2.99. The second kappa shape index (κ2) is 8.90. The van der Waals surface area contributed by atoms with Crippen LogP contribution in [0.15, 0.2) is 6.07 Å². The molecule has 2 rings (SSSR count). The van der Waals surface area contributed by atoms with Gasteiger partial charge in [0.1, 0.15) is 0 Å². The summed E-state index contributed by atoms with van der Waals surface area (Å²) in [7, 11) is 0. The Morgan fingerprint density at radius 1 is 1.35 bits per heavy atom. The van der Waals surface area contributed by atoms with Crippen molar-refractivity contribution in [2.75, 3.05) is 13.1 Å². The van der Waals surface area contributed by atoms with Gasteiger partial charge in [-0.25, -0.2) is 0 Å². The predicted molar refractivity (Wildman–Crippen MR) is 93.5 cm³/mol. The van der Waals surface area contributed by atoms with Gasteiger partial charge in [0.15, 0.2) is 0 Å². The van der Waals surface area contributed by atoms with Crippen molar-refractivity contribution < 1.29 is 14.7 Å². The number of carboxylic acids is 1. The molecule has 0 bridgehead atoms. The normalized spacial score (nSPS) is 18.2. The third-order valence-electron chi connectivity index (χ3n) is 4.20. The zero-order valence-electron chi connectivity index (χ0n) is 12.9. The van der Waals surface area contributed by atoms with Gasteiger partial charge in [0.2, 0.25) is 5.91 Å². The lowest BCUT2D eigenvalue weighted by Gasteiger charge is -2.32. The van der Waals surface area contributed by atoms with Crippen LogP contribution in [0.1, 0.15) is 44.1 Å². The number of aliphatic carboxylic acids is 1. The zero-order valence-corrected chi connectivity index (χ0v) is 15.2. The molecule has 0 spiro atoms. The minimum absolute atomic E-state index is 0.155. The fourth-order valence-corrected chi connectivity index (χ4v) is 4.53. The molecule has 0 saturated carbocycles. The van der Waals surface area contributed by atoms with E-state index in [0.717, 1.165) is 37.8 Å². The molecule has 128 valence electrons. The number of amides is 1. The highest BCUT2D eigenvalue weighted by atomic mass is 35.5. The van der Waals surface area contributed by atoms with Crippen molar-refractivity contribution in [3.63, 3.8) is 0 Å². The molecular formula is C16H21Cl2NO3S. The van der Waals surface area contributed by atoms with Crippen LogP contribution in [0.5, 0.6) is 0 Å². The van der Waals surface area contributed by atoms with E-state index in [2.05, 4.69) is 0 Å². The van der Waals surface area contributed by atoms with E-state index in [1.165, 1.54) is 11.3 Å². The van der Waals surface area contributed by atoms with E-state index < -0.39 is 5.97 Å². The van der Waals surface area contributed by atoms with Gasteiger partial charge in [-0.15, -0.1) is 11.3 Å². The Balaban J connectivity index is 1.74. The molecule has 23 heavy (non-hydrogen) atoms. The topological polar surface area (TPSA) is 57.6 Å². The number of halogens is 2. The summed E-state index contributed by atoms with van der Waals surface area (Å²) in [5.41, 5.74) is 1.01. The quantitative estimate of drug-likeness (QED) is 0.761. The number of rotatable bonds is 7. The van der Waals surface area contributed by atoms with Crippen LogP contribution >= 0.6 is 34.5 Å². The van der Waals surface area contributed by atoms with E-state index >= 15 is 0 Å². The average molecular weight is 378 g/mol. The van der Waals surface area contributed by atoms with Crippen molar-refractivity contribution in [1.29, 1.82) is 0 Å². The highest BCUT2D eigenvalue weighted by molar-refractivity contribution is 7.20. The largest absolute Gasteiger partial charge is 0.481 e. The predicted octanol–water partition coefficient (Wildman–Crippen LogP) is 4.48. The standard InChI is InChI=1S/C16H21Cl2NO3S/c17-13-9-12(16(18)23-13)4-1-5-14(20)19-8-2-3-11(10-19)6-7-15(21)22/h9,11H,1-8,10H2,(H,21,22). The van der Waals surface area contributed by atoms with E-state index in [9.17, 15) is 9.59 Å². The minimum atomic E-state index is -0.764. The number of nitrogens with zero attached hydrogens (tertiary/aromatic N) is 1. The van der Waals surface area contributed by atoms with Gasteiger partial charge in [0.25, 0.3) is 0 Å². The van der Waals surface area contributed by atoms with Gasteiger partial charge in [-0.05, 0) is 49.7 Å². The van der Waals surface area contributed by atoms with Crippen LogP contribution in [0.25, 0.3) is 0 Å². The lowest BCUT2D eigenvalue weighted by Crippen LogP contribution is -2.40. The highest BCUT2D eigenvalue weighted by Crippen LogP contribution is 2.32. The third kappa shape index (κ3) is 5.98. The number of aryl methyl sites for hydroxylation is 1. The Morgan fingerprint density at radius 3 is 2.78 bits per heavy atom. The van der Waals surface area contributed by atoms with Gasteiger partial charge in [0, 0.05) is 25.9 Å². The summed E-state index contributed by atoms with van der Waals surface area (Å²) >= 11 is 13.3. The first-order valence-corrected chi connectivity index (χ1v) is 9.46. The van der Waals surface area contributed by atoms with Gasteiger partial charge in [-0.2, -0.15) is 0 Å². The van der Waals surface area contributed by atoms with Gasteiger partial charge >= 0.3 is 5.97 Å². The lowest BCUT2D eigenvalue weighted by atomic mass is 9.93. The van der Waals surface area contributed by atoms with Gasteiger partial charge in [0.05, 0.1) is 8.67 Å². The van der Waals surface area contributed by atoms with E-state index in [1.807, 2.05) is 11.0 Å². The van der Waals surface area contributed by atoms with E-state index in [-0.39, 0.29) is 12.3 Å². The molecule has 1 N–H and O–H groups in total. The number of carboxylic acid groups (broad SMARTS) is 1. The first kappa shape index (κ1) is 18.6. The molecule has 1 saturated heterocycles. The van der Waals surface area contributed by atoms with E-state index in [4.69, 9.17) is 28.3 Å². The summed E-state index contributed by atoms with van der Waals surface area (Å²) < 4.78 is 1.38. The van der Waals surface area contributed by atoms with Crippen molar-refractivity contribution in [3.8, 4) is 0 Å². The maximum absolute atomic E-state index is 12.3. The summed E-state index contributed by atoms with van der Waals surface area (Å²) in [5.74, 6) is -0.295. The fraction of sp³-hybridized carbons (Fsp3) is 0.625. The molecule has 1 aromatic rings. The van der Waals surface area contributed by atoms with Crippen molar-refractivity contribution in [2.24, 2.45) is 5.92 Å². The van der Waals surface area contributed by atoms with Gasteiger partial charge in [-0.3, -0.25) is 9.59 Å². The van der Waals surface area contributed by atoms with Crippen molar-refractivity contribution in [1.82, 2.24) is 4.90 Å². The first-order valence-electron chi connectivity index (χ1n) is 7.89. The van der Waals surface area contributed by atoms with E-state index in [1.54, 1.807) is 0 Å². The number of hydrogen-bond donors (Lipinski definition) is 1. The molecule has 1 unspecified atom stereocenters. The molecule has 2 heterocycles. The molecule has 1 aromatic heterocycles. The highest BCUT2D eigenvalue weighted by Gasteiger charge is 2.23. The van der Waals surface area contributed by atoms with Crippen LogP contribution in [-0.2, 0) is 16.0 Å². The van der Waals surface area contributed by atoms with Crippen LogP contribution in [0.2, 0.25) is 8.67 Å². The van der Waals surface area contributed by atoms with Crippen LogP contribution in [0, 0.1) is 5.92 Å². The monoisotopic (exact) mass is 377 g/mol. The number of likely N-dealkylation sites (tertiary alicyclic amines) is 1. The maximum Gasteiger partial charge on any atom is 0.303 e. The third-order valence-corrected chi connectivity index (χ3v) is 5.77. The van der Waals surface area contributed by atoms with Crippen molar-refractivity contribution >= 4 is 46.4 Å². The maximum atomic E-state index is 12.3. The molecule has 1 aliphatic heterocycles. The molecule has 7 heteroatoms. The average Bonchev–Trinajstić information content (AvgIpc) is 2.83. The summed E-state index contributed by atoms with van der Waals surface area (Å²) in [6.07, 6.45) is 4.82. The smallest absolute Gasteiger partial charge is 0.303 e. The molecule has 0 radical (unpaired) electrons. The lowest BCUT2D eigenvalue weighted by molar-refractivity contribution is -0.137. The second-order valence-corrected chi connectivity index (χ2v) is 8.27. The zero-order chi connectivity index (χ0) is 16.8. The number of carbonyl (C=O) groups is 2. The van der Waals surface area contributed by atoms with Gasteiger partial charge in [-0.1, -0.05) is 23.2 Å². The molecule has 0 aromatic carbocycles. The number of thiophene rings is 1. The second-order valence-electron chi connectivity index (χ2n) is 5.98. The Hall–Kier alpha value is -0.780. The SMILES string of the molecule is O=C(O)CCC1CCCN(C(=O)CCCc2cc(Cl)sc2Cl)C1. The van der Waals surface area contributed by atoms with Crippen molar-refractivity contribution in [2.45, 2.75) is 44.9 Å². The van der Waals surface area contributed by atoms with Crippen LogP contribution in [0.3, 0.4) is 0 Å². The summed E-state index contributed by atoms with van der Waals surface area (Å²) in [6.45, 7) is 1.48. The Morgan fingerprint density at radius 2 is 2.13 bits per heavy atom.